The average Bonchev–Trinajstić information content (AvgIpc) is 2.91. The van der Waals surface area contributed by atoms with E-state index in [4.69, 9.17) is 14.2 Å². The Labute approximate surface area is 123 Å². The zero-order valence-electron chi connectivity index (χ0n) is 12.5. The standard InChI is InChI=1S/C15H19N3O3/c1-10(2)21-12-5-4-11(8-13(12)19-3)15-17-16-14-9-20-7-6-18(14)15/h4-5,8,10H,6-7,9H2,1-3H3. The van der Waals surface area contributed by atoms with Crippen LogP contribution in [0.2, 0.25) is 0 Å². The molecule has 0 spiro atoms. The predicted octanol–water partition coefficient (Wildman–Crippen LogP) is 2.27. The topological polar surface area (TPSA) is 58.4 Å². The Morgan fingerprint density at radius 1 is 1.24 bits per heavy atom. The van der Waals surface area contributed by atoms with Gasteiger partial charge in [0, 0.05) is 12.1 Å². The van der Waals surface area contributed by atoms with Gasteiger partial charge < -0.3 is 18.8 Å². The van der Waals surface area contributed by atoms with Gasteiger partial charge in [-0.25, -0.2) is 0 Å². The van der Waals surface area contributed by atoms with Gasteiger partial charge in [0.15, 0.2) is 23.1 Å². The van der Waals surface area contributed by atoms with E-state index in [0.29, 0.717) is 19.0 Å². The molecule has 1 aliphatic heterocycles. The number of hydrogen-bond donors (Lipinski definition) is 0. The summed E-state index contributed by atoms with van der Waals surface area (Å²) in [6.45, 7) is 5.94. The maximum Gasteiger partial charge on any atom is 0.164 e. The number of aromatic nitrogens is 3. The molecular weight excluding hydrogens is 270 g/mol. The maximum absolute atomic E-state index is 5.73. The van der Waals surface area contributed by atoms with Crippen molar-refractivity contribution in [1.29, 1.82) is 0 Å². The molecule has 0 aliphatic carbocycles. The number of rotatable bonds is 4. The summed E-state index contributed by atoms with van der Waals surface area (Å²) in [6.07, 6.45) is 0.0998. The minimum absolute atomic E-state index is 0.0998. The number of methoxy groups -OCH3 is 1. The van der Waals surface area contributed by atoms with Crippen LogP contribution in [-0.4, -0.2) is 34.6 Å². The van der Waals surface area contributed by atoms with Gasteiger partial charge in [-0.05, 0) is 32.0 Å². The van der Waals surface area contributed by atoms with Crippen LogP contribution >= 0.6 is 0 Å². The van der Waals surface area contributed by atoms with E-state index in [1.807, 2.05) is 32.0 Å². The molecule has 2 heterocycles. The molecule has 0 saturated carbocycles. The Bertz CT molecular complexity index is 637. The predicted molar refractivity (Wildman–Crippen MR) is 77.4 cm³/mol. The molecular formula is C15H19N3O3. The van der Waals surface area contributed by atoms with E-state index >= 15 is 0 Å². The molecule has 0 atom stereocenters. The van der Waals surface area contributed by atoms with Gasteiger partial charge >= 0.3 is 0 Å². The van der Waals surface area contributed by atoms with E-state index in [1.54, 1.807) is 7.11 Å². The number of benzene rings is 1. The third-order valence-electron chi connectivity index (χ3n) is 3.30. The second-order valence-electron chi connectivity index (χ2n) is 5.18. The molecule has 0 bridgehead atoms. The van der Waals surface area contributed by atoms with Crippen molar-refractivity contribution in [2.75, 3.05) is 13.7 Å². The first-order valence-corrected chi connectivity index (χ1v) is 7.04. The highest BCUT2D eigenvalue weighted by Crippen LogP contribution is 2.33. The van der Waals surface area contributed by atoms with Crippen molar-refractivity contribution in [3.05, 3.63) is 24.0 Å². The second-order valence-corrected chi connectivity index (χ2v) is 5.18. The molecule has 6 nitrogen and oxygen atoms in total. The average molecular weight is 289 g/mol. The molecule has 2 aromatic rings. The van der Waals surface area contributed by atoms with Crippen LogP contribution in [0.5, 0.6) is 11.5 Å². The minimum Gasteiger partial charge on any atom is -0.493 e. The molecule has 112 valence electrons. The summed E-state index contributed by atoms with van der Waals surface area (Å²) in [5.74, 6) is 3.13. The Balaban J connectivity index is 1.97. The van der Waals surface area contributed by atoms with Gasteiger partial charge in [0.2, 0.25) is 0 Å². The normalized spacial score (nSPS) is 14.1. The summed E-state index contributed by atoms with van der Waals surface area (Å²) in [6, 6.07) is 5.83. The quantitative estimate of drug-likeness (QED) is 0.864. The van der Waals surface area contributed by atoms with Crippen LogP contribution < -0.4 is 9.47 Å². The van der Waals surface area contributed by atoms with Crippen molar-refractivity contribution in [3.63, 3.8) is 0 Å². The summed E-state index contributed by atoms with van der Waals surface area (Å²) in [4.78, 5) is 0. The van der Waals surface area contributed by atoms with Gasteiger partial charge in [-0.1, -0.05) is 0 Å². The lowest BCUT2D eigenvalue weighted by Crippen LogP contribution is -2.17. The fourth-order valence-electron chi connectivity index (χ4n) is 2.37. The van der Waals surface area contributed by atoms with Crippen molar-refractivity contribution in [3.8, 4) is 22.9 Å². The Morgan fingerprint density at radius 2 is 2.10 bits per heavy atom. The SMILES string of the molecule is COc1cc(-c2nnc3n2CCOC3)ccc1OC(C)C. The number of nitrogens with zero attached hydrogens (tertiary/aromatic N) is 3. The summed E-state index contributed by atoms with van der Waals surface area (Å²) in [7, 11) is 1.64. The lowest BCUT2D eigenvalue weighted by atomic mass is 10.2. The molecule has 1 aliphatic rings. The van der Waals surface area contributed by atoms with Crippen molar-refractivity contribution in [2.24, 2.45) is 0 Å². The lowest BCUT2D eigenvalue weighted by Gasteiger charge is -2.17. The van der Waals surface area contributed by atoms with E-state index in [-0.39, 0.29) is 6.10 Å². The smallest absolute Gasteiger partial charge is 0.164 e. The monoisotopic (exact) mass is 289 g/mol. The van der Waals surface area contributed by atoms with E-state index in [9.17, 15) is 0 Å². The minimum atomic E-state index is 0.0998. The van der Waals surface area contributed by atoms with Crippen LogP contribution in [0, 0.1) is 0 Å². The van der Waals surface area contributed by atoms with Crippen LogP contribution in [-0.2, 0) is 17.9 Å². The van der Waals surface area contributed by atoms with E-state index < -0.39 is 0 Å². The molecule has 0 saturated heterocycles. The molecule has 0 unspecified atom stereocenters. The van der Waals surface area contributed by atoms with Crippen LogP contribution in [0.25, 0.3) is 11.4 Å². The molecule has 0 amide bonds. The first-order chi connectivity index (χ1) is 10.2. The Morgan fingerprint density at radius 3 is 2.86 bits per heavy atom. The molecule has 21 heavy (non-hydrogen) atoms. The highest BCUT2D eigenvalue weighted by atomic mass is 16.5. The summed E-state index contributed by atoms with van der Waals surface area (Å²) < 4.78 is 18.6. The van der Waals surface area contributed by atoms with Gasteiger partial charge in [-0.3, -0.25) is 0 Å². The zero-order valence-corrected chi connectivity index (χ0v) is 12.5. The lowest BCUT2D eigenvalue weighted by molar-refractivity contribution is 0.0821. The van der Waals surface area contributed by atoms with Crippen LogP contribution in [0.15, 0.2) is 18.2 Å². The highest BCUT2D eigenvalue weighted by Gasteiger charge is 2.18. The molecule has 0 fully saturated rings. The van der Waals surface area contributed by atoms with Crippen LogP contribution in [0.1, 0.15) is 19.7 Å². The summed E-state index contributed by atoms with van der Waals surface area (Å²) in [5, 5.41) is 8.45. The summed E-state index contributed by atoms with van der Waals surface area (Å²) in [5.41, 5.74) is 0.962. The van der Waals surface area contributed by atoms with Crippen molar-refractivity contribution < 1.29 is 14.2 Å². The number of fused-ring (bicyclic) bond motifs is 1. The third-order valence-corrected chi connectivity index (χ3v) is 3.30. The molecule has 6 heteroatoms. The third kappa shape index (κ3) is 2.71. The maximum atomic E-state index is 5.73. The van der Waals surface area contributed by atoms with Crippen LogP contribution in [0.3, 0.4) is 0 Å². The summed E-state index contributed by atoms with van der Waals surface area (Å²) >= 11 is 0. The fourth-order valence-corrected chi connectivity index (χ4v) is 2.37. The number of hydrogen-bond acceptors (Lipinski definition) is 5. The van der Waals surface area contributed by atoms with Gasteiger partial charge in [0.1, 0.15) is 6.61 Å². The fraction of sp³-hybridized carbons (Fsp3) is 0.467. The molecule has 1 aromatic heterocycles. The first kappa shape index (κ1) is 13.9. The highest BCUT2D eigenvalue weighted by molar-refractivity contribution is 5.61. The van der Waals surface area contributed by atoms with Gasteiger partial charge in [0.25, 0.3) is 0 Å². The molecule has 3 rings (SSSR count). The largest absolute Gasteiger partial charge is 0.493 e. The zero-order chi connectivity index (χ0) is 14.8. The van der Waals surface area contributed by atoms with E-state index in [0.717, 1.165) is 29.5 Å². The van der Waals surface area contributed by atoms with E-state index in [2.05, 4.69) is 14.8 Å². The van der Waals surface area contributed by atoms with Crippen molar-refractivity contribution in [1.82, 2.24) is 14.8 Å². The van der Waals surface area contributed by atoms with Gasteiger partial charge in [0.05, 0.1) is 19.8 Å². The van der Waals surface area contributed by atoms with E-state index in [1.165, 1.54) is 0 Å². The van der Waals surface area contributed by atoms with Crippen molar-refractivity contribution in [2.45, 2.75) is 33.1 Å². The van der Waals surface area contributed by atoms with Crippen LogP contribution in [0.4, 0.5) is 0 Å². The molecule has 0 radical (unpaired) electrons. The first-order valence-electron chi connectivity index (χ1n) is 7.04. The van der Waals surface area contributed by atoms with Gasteiger partial charge in [-0.2, -0.15) is 0 Å². The molecule has 0 N–H and O–H groups in total. The Hall–Kier alpha value is -2.08. The Kier molecular flexibility index (Phi) is 3.79. The molecule has 1 aromatic carbocycles. The number of ether oxygens (including phenoxy) is 3. The second kappa shape index (κ2) is 5.73. The van der Waals surface area contributed by atoms with Gasteiger partial charge in [-0.15, -0.1) is 10.2 Å². The van der Waals surface area contributed by atoms with Crippen molar-refractivity contribution >= 4 is 0 Å².